The Morgan fingerprint density at radius 1 is 1.60 bits per heavy atom. The van der Waals surface area contributed by atoms with Crippen LogP contribution in [0.5, 0.6) is 0 Å². The third-order valence-corrected chi connectivity index (χ3v) is 2.05. The molecule has 0 aliphatic heterocycles. The zero-order chi connectivity index (χ0) is 11.1. The van der Waals surface area contributed by atoms with Crippen LogP contribution in [-0.2, 0) is 11.3 Å². The zero-order valence-electron chi connectivity index (χ0n) is 9.23. The van der Waals surface area contributed by atoms with Gasteiger partial charge in [-0.05, 0) is 14.0 Å². The SMILES string of the molecule is CNCCC(=O)NC(C)Cn1ccnc1. The maximum Gasteiger partial charge on any atom is 0.221 e. The first-order valence-electron chi connectivity index (χ1n) is 5.12. The van der Waals surface area contributed by atoms with Crippen molar-refractivity contribution in [1.82, 2.24) is 20.2 Å². The summed E-state index contributed by atoms with van der Waals surface area (Å²) in [4.78, 5) is 15.3. The number of carbonyl (C=O) groups is 1. The molecule has 2 N–H and O–H groups in total. The molecule has 0 fully saturated rings. The van der Waals surface area contributed by atoms with E-state index in [2.05, 4.69) is 15.6 Å². The smallest absolute Gasteiger partial charge is 0.221 e. The average Bonchev–Trinajstić information content (AvgIpc) is 2.67. The molecule has 0 aromatic carbocycles. The van der Waals surface area contributed by atoms with Gasteiger partial charge in [0, 0.05) is 37.9 Å². The molecule has 84 valence electrons. The molecule has 1 atom stereocenters. The van der Waals surface area contributed by atoms with Gasteiger partial charge in [-0.3, -0.25) is 4.79 Å². The fourth-order valence-electron chi connectivity index (χ4n) is 1.34. The number of imidazole rings is 1. The van der Waals surface area contributed by atoms with Gasteiger partial charge in [-0.25, -0.2) is 4.98 Å². The number of hydrogen-bond acceptors (Lipinski definition) is 3. The minimum absolute atomic E-state index is 0.0805. The van der Waals surface area contributed by atoms with Crippen molar-refractivity contribution in [1.29, 1.82) is 0 Å². The van der Waals surface area contributed by atoms with Gasteiger partial charge in [0.2, 0.25) is 5.91 Å². The Morgan fingerprint density at radius 2 is 2.40 bits per heavy atom. The molecule has 1 rings (SSSR count). The van der Waals surface area contributed by atoms with E-state index >= 15 is 0 Å². The first kappa shape index (κ1) is 11.7. The van der Waals surface area contributed by atoms with Crippen LogP contribution in [0.4, 0.5) is 0 Å². The quantitative estimate of drug-likeness (QED) is 0.694. The molecule has 1 aromatic heterocycles. The number of carbonyl (C=O) groups excluding carboxylic acids is 1. The summed E-state index contributed by atoms with van der Waals surface area (Å²) in [5, 5.41) is 5.87. The monoisotopic (exact) mass is 210 g/mol. The molecule has 0 aliphatic rings. The van der Waals surface area contributed by atoms with E-state index < -0.39 is 0 Å². The van der Waals surface area contributed by atoms with Crippen molar-refractivity contribution in [2.24, 2.45) is 0 Å². The lowest BCUT2D eigenvalue weighted by molar-refractivity contribution is -0.121. The predicted molar refractivity (Wildman–Crippen MR) is 58.4 cm³/mol. The van der Waals surface area contributed by atoms with Gasteiger partial charge in [0.15, 0.2) is 0 Å². The fourth-order valence-corrected chi connectivity index (χ4v) is 1.34. The largest absolute Gasteiger partial charge is 0.352 e. The summed E-state index contributed by atoms with van der Waals surface area (Å²) in [6.45, 7) is 3.45. The van der Waals surface area contributed by atoms with Crippen LogP contribution >= 0.6 is 0 Å². The number of nitrogens with zero attached hydrogens (tertiary/aromatic N) is 2. The molecule has 0 bridgehead atoms. The van der Waals surface area contributed by atoms with E-state index in [1.165, 1.54) is 0 Å². The molecule has 15 heavy (non-hydrogen) atoms. The van der Waals surface area contributed by atoms with E-state index in [1.54, 1.807) is 12.5 Å². The van der Waals surface area contributed by atoms with Gasteiger partial charge in [-0.15, -0.1) is 0 Å². The Morgan fingerprint density at radius 3 is 3.00 bits per heavy atom. The summed E-state index contributed by atoms with van der Waals surface area (Å²) in [6, 6.07) is 0.128. The van der Waals surface area contributed by atoms with Crippen molar-refractivity contribution < 1.29 is 4.79 Å². The van der Waals surface area contributed by atoms with Crippen LogP contribution in [0.25, 0.3) is 0 Å². The molecule has 5 heteroatoms. The molecule has 1 amide bonds. The van der Waals surface area contributed by atoms with Gasteiger partial charge in [-0.2, -0.15) is 0 Å². The summed E-state index contributed by atoms with van der Waals surface area (Å²) >= 11 is 0. The lowest BCUT2D eigenvalue weighted by Crippen LogP contribution is -2.36. The Hall–Kier alpha value is -1.36. The molecule has 1 heterocycles. The molecule has 5 nitrogen and oxygen atoms in total. The van der Waals surface area contributed by atoms with Crippen LogP contribution in [0.2, 0.25) is 0 Å². The summed E-state index contributed by atoms with van der Waals surface area (Å²) in [6.07, 6.45) is 5.88. The number of rotatable bonds is 6. The van der Waals surface area contributed by atoms with Crippen molar-refractivity contribution in [2.75, 3.05) is 13.6 Å². The Kier molecular flexibility index (Phi) is 4.83. The number of nitrogens with one attached hydrogen (secondary N) is 2. The highest BCUT2D eigenvalue weighted by Crippen LogP contribution is 1.92. The van der Waals surface area contributed by atoms with Crippen LogP contribution in [0, 0.1) is 0 Å². The second-order valence-corrected chi connectivity index (χ2v) is 3.58. The first-order chi connectivity index (χ1) is 7.22. The molecular weight excluding hydrogens is 192 g/mol. The second kappa shape index (κ2) is 6.19. The van der Waals surface area contributed by atoms with Crippen LogP contribution in [-0.4, -0.2) is 35.1 Å². The topological polar surface area (TPSA) is 59.0 Å². The number of hydrogen-bond donors (Lipinski definition) is 2. The maximum atomic E-state index is 11.4. The highest BCUT2D eigenvalue weighted by molar-refractivity contribution is 5.76. The van der Waals surface area contributed by atoms with Crippen molar-refractivity contribution in [3.63, 3.8) is 0 Å². The van der Waals surface area contributed by atoms with Gasteiger partial charge in [0.25, 0.3) is 0 Å². The van der Waals surface area contributed by atoms with Crippen molar-refractivity contribution in [3.05, 3.63) is 18.7 Å². The highest BCUT2D eigenvalue weighted by Gasteiger charge is 2.06. The van der Waals surface area contributed by atoms with Gasteiger partial charge in [-0.1, -0.05) is 0 Å². The zero-order valence-corrected chi connectivity index (χ0v) is 9.23. The molecule has 0 radical (unpaired) electrons. The predicted octanol–water partition coefficient (Wildman–Crippen LogP) is -0.00270. The lowest BCUT2D eigenvalue weighted by atomic mass is 10.3. The summed E-state index contributed by atoms with van der Waals surface area (Å²) in [5.74, 6) is 0.0805. The van der Waals surface area contributed by atoms with E-state index in [0.717, 1.165) is 6.54 Å². The summed E-state index contributed by atoms with van der Waals surface area (Å²) in [7, 11) is 1.84. The summed E-state index contributed by atoms with van der Waals surface area (Å²) in [5.41, 5.74) is 0. The van der Waals surface area contributed by atoms with Gasteiger partial charge in [0.1, 0.15) is 0 Å². The average molecular weight is 210 g/mol. The molecular formula is C10H18N4O. The van der Waals surface area contributed by atoms with E-state index in [1.807, 2.05) is 24.7 Å². The second-order valence-electron chi connectivity index (χ2n) is 3.58. The first-order valence-corrected chi connectivity index (χ1v) is 5.12. The molecule has 1 aromatic rings. The molecule has 0 saturated carbocycles. The molecule has 0 spiro atoms. The molecule has 0 aliphatic carbocycles. The molecule has 1 unspecified atom stereocenters. The van der Waals surface area contributed by atoms with Gasteiger partial charge < -0.3 is 15.2 Å². The standard InChI is InChI=1S/C10H18N4O/c1-9(7-14-6-5-12-8-14)13-10(15)3-4-11-2/h5-6,8-9,11H,3-4,7H2,1-2H3,(H,13,15). The molecule has 0 saturated heterocycles. The third-order valence-electron chi connectivity index (χ3n) is 2.05. The van der Waals surface area contributed by atoms with Crippen molar-refractivity contribution >= 4 is 5.91 Å². The Bertz CT molecular complexity index is 284. The van der Waals surface area contributed by atoms with Crippen LogP contribution in [0.3, 0.4) is 0 Å². The Labute approximate surface area is 89.9 Å². The maximum absolute atomic E-state index is 11.4. The highest BCUT2D eigenvalue weighted by atomic mass is 16.1. The van der Waals surface area contributed by atoms with Crippen molar-refractivity contribution in [3.8, 4) is 0 Å². The van der Waals surface area contributed by atoms with E-state index in [9.17, 15) is 4.79 Å². The lowest BCUT2D eigenvalue weighted by Gasteiger charge is -2.14. The van der Waals surface area contributed by atoms with Gasteiger partial charge >= 0.3 is 0 Å². The number of aromatic nitrogens is 2. The Balaban J connectivity index is 2.23. The van der Waals surface area contributed by atoms with E-state index in [0.29, 0.717) is 13.0 Å². The van der Waals surface area contributed by atoms with Crippen LogP contribution < -0.4 is 10.6 Å². The number of amides is 1. The normalized spacial score (nSPS) is 12.4. The fraction of sp³-hybridized carbons (Fsp3) is 0.600. The third kappa shape index (κ3) is 4.60. The van der Waals surface area contributed by atoms with Crippen molar-refractivity contribution in [2.45, 2.75) is 25.9 Å². The minimum Gasteiger partial charge on any atom is -0.352 e. The minimum atomic E-state index is 0.0805. The van der Waals surface area contributed by atoms with E-state index in [-0.39, 0.29) is 11.9 Å². The van der Waals surface area contributed by atoms with E-state index in [4.69, 9.17) is 0 Å². The van der Waals surface area contributed by atoms with Crippen LogP contribution in [0.1, 0.15) is 13.3 Å². The van der Waals surface area contributed by atoms with Crippen LogP contribution in [0.15, 0.2) is 18.7 Å². The summed E-state index contributed by atoms with van der Waals surface area (Å²) < 4.78 is 1.95. The van der Waals surface area contributed by atoms with Gasteiger partial charge in [0.05, 0.1) is 6.33 Å².